The maximum Gasteiger partial charge on any atom is 0.275 e. The molecule has 1 aliphatic carbocycles. The van der Waals surface area contributed by atoms with E-state index in [-0.39, 0.29) is 18.4 Å². The van der Waals surface area contributed by atoms with E-state index in [1.54, 1.807) is 12.0 Å². The maximum atomic E-state index is 13.3. The molecular weight excluding hydrogens is 378 g/mol. The molecule has 0 atom stereocenters. The highest BCUT2D eigenvalue weighted by atomic mass is 16.5. The minimum atomic E-state index is -0.602. The summed E-state index contributed by atoms with van der Waals surface area (Å²) >= 11 is 0. The molecule has 0 radical (unpaired) electrons. The number of carbonyl (C=O) groups is 2. The van der Waals surface area contributed by atoms with Crippen molar-refractivity contribution < 1.29 is 14.3 Å². The summed E-state index contributed by atoms with van der Waals surface area (Å²) in [5, 5.41) is 2.94. The average Bonchev–Trinajstić information content (AvgIpc) is 3.05. The van der Waals surface area contributed by atoms with E-state index >= 15 is 0 Å². The number of carbonyl (C=O) groups excluding carboxylic acids is 2. The minimum absolute atomic E-state index is 0.0226. The summed E-state index contributed by atoms with van der Waals surface area (Å²) in [6.07, 6.45) is 4.75. The third-order valence-electron chi connectivity index (χ3n) is 5.92. The molecule has 4 rings (SSSR count). The van der Waals surface area contributed by atoms with Crippen LogP contribution in [0, 0.1) is 0 Å². The van der Waals surface area contributed by atoms with Gasteiger partial charge in [-0.2, -0.15) is 0 Å². The number of hydrogen-bond donors (Lipinski definition) is 1. The van der Waals surface area contributed by atoms with Crippen LogP contribution in [0.3, 0.4) is 0 Å². The van der Waals surface area contributed by atoms with E-state index in [4.69, 9.17) is 9.73 Å². The second-order valence-electron chi connectivity index (χ2n) is 7.89. The summed E-state index contributed by atoms with van der Waals surface area (Å²) in [6.45, 7) is 0.468. The van der Waals surface area contributed by atoms with Crippen molar-refractivity contribution in [2.24, 2.45) is 4.99 Å². The van der Waals surface area contributed by atoms with E-state index in [9.17, 15) is 9.59 Å². The zero-order valence-electron chi connectivity index (χ0n) is 17.3. The molecule has 0 bridgehead atoms. The first-order chi connectivity index (χ1) is 14.6. The van der Waals surface area contributed by atoms with Gasteiger partial charge in [0.25, 0.3) is 5.91 Å². The first-order valence-electron chi connectivity index (χ1n) is 10.5. The predicted molar refractivity (Wildman–Crippen MR) is 115 cm³/mol. The molecule has 2 aromatic carbocycles. The molecule has 1 aliphatic heterocycles. The zero-order valence-corrected chi connectivity index (χ0v) is 17.3. The Bertz CT molecular complexity index is 932. The molecule has 156 valence electrons. The Labute approximate surface area is 176 Å². The number of amides is 2. The first kappa shape index (κ1) is 20.1. The molecule has 6 heteroatoms. The molecule has 1 saturated carbocycles. The summed E-state index contributed by atoms with van der Waals surface area (Å²) in [6, 6.07) is 17.1. The molecule has 0 unspecified atom stereocenters. The van der Waals surface area contributed by atoms with Crippen molar-refractivity contribution in [3.63, 3.8) is 0 Å². The van der Waals surface area contributed by atoms with Crippen LogP contribution in [0.4, 0.5) is 0 Å². The van der Waals surface area contributed by atoms with Gasteiger partial charge in [-0.05, 0) is 55.5 Å². The maximum absolute atomic E-state index is 13.3. The van der Waals surface area contributed by atoms with Gasteiger partial charge in [0.2, 0.25) is 5.91 Å². The van der Waals surface area contributed by atoms with E-state index < -0.39 is 5.66 Å². The van der Waals surface area contributed by atoms with Crippen LogP contribution in [0.15, 0.2) is 59.6 Å². The van der Waals surface area contributed by atoms with Gasteiger partial charge in [0, 0.05) is 12.1 Å². The van der Waals surface area contributed by atoms with Gasteiger partial charge in [0.15, 0.2) is 0 Å². The van der Waals surface area contributed by atoms with Gasteiger partial charge < -0.3 is 15.0 Å². The van der Waals surface area contributed by atoms with Crippen LogP contribution >= 0.6 is 0 Å². The Morgan fingerprint density at radius 3 is 2.43 bits per heavy atom. The van der Waals surface area contributed by atoms with Crippen molar-refractivity contribution in [3.8, 4) is 5.75 Å². The van der Waals surface area contributed by atoms with Crippen LogP contribution in [0.5, 0.6) is 5.75 Å². The molecule has 0 aromatic heterocycles. The Morgan fingerprint density at radius 2 is 1.77 bits per heavy atom. The molecule has 2 aliphatic rings. The summed E-state index contributed by atoms with van der Waals surface area (Å²) in [5.41, 5.74) is 1.63. The molecule has 0 saturated heterocycles. The molecule has 2 amide bonds. The fourth-order valence-corrected chi connectivity index (χ4v) is 4.28. The highest BCUT2D eigenvalue weighted by molar-refractivity contribution is 6.47. The molecular formula is C24H27N3O3. The monoisotopic (exact) mass is 405 g/mol. The second-order valence-corrected chi connectivity index (χ2v) is 7.89. The number of methoxy groups -OCH3 is 1. The fourth-order valence-electron chi connectivity index (χ4n) is 4.28. The van der Waals surface area contributed by atoms with Crippen LogP contribution in [-0.4, -0.2) is 41.7 Å². The number of benzene rings is 2. The molecule has 1 fully saturated rings. The predicted octanol–water partition coefficient (Wildman–Crippen LogP) is 3.30. The molecule has 1 spiro atoms. The minimum Gasteiger partial charge on any atom is -0.497 e. The largest absolute Gasteiger partial charge is 0.497 e. The quantitative estimate of drug-likeness (QED) is 0.802. The second kappa shape index (κ2) is 8.69. The molecule has 1 heterocycles. The van der Waals surface area contributed by atoms with Gasteiger partial charge in [-0.15, -0.1) is 0 Å². The van der Waals surface area contributed by atoms with Crippen molar-refractivity contribution in [3.05, 3.63) is 65.7 Å². The van der Waals surface area contributed by atoms with Crippen molar-refractivity contribution in [1.29, 1.82) is 0 Å². The number of nitrogens with zero attached hydrogens (tertiary/aromatic N) is 2. The van der Waals surface area contributed by atoms with Crippen LogP contribution < -0.4 is 10.1 Å². The Hall–Kier alpha value is -3.15. The lowest BCUT2D eigenvalue weighted by molar-refractivity contribution is -0.136. The molecule has 1 N–H and O–H groups in total. The van der Waals surface area contributed by atoms with Gasteiger partial charge in [0.1, 0.15) is 23.7 Å². The van der Waals surface area contributed by atoms with Gasteiger partial charge in [-0.3, -0.25) is 14.6 Å². The normalized spacial score (nSPS) is 17.7. The lowest BCUT2D eigenvalue weighted by Gasteiger charge is -2.38. The number of nitrogens with one attached hydrogen (secondary N) is 1. The Morgan fingerprint density at radius 1 is 1.07 bits per heavy atom. The third kappa shape index (κ3) is 4.08. The number of rotatable bonds is 6. The lowest BCUT2D eigenvalue weighted by atomic mass is 9.88. The lowest BCUT2D eigenvalue weighted by Crippen LogP contribution is -2.52. The van der Waals surface area contributed by atoms with Gasteiger partial charge in [-0.25, -0.2) is 0 Å². The highest BCUT2D eigenvalue weighted by Crippen LogP contribution is 2.39. The summed E-state index contributed by atoms with van der Waals surface area (Å²) in [7, 11) is 1.61. The van der Waals surface area contributed by atoms with E-state index in [1.807, 2.05) is 54.6 Å². The summed E-state index contributed by atoms with van der Waals surface area (Å²) in [4.78, 5) is 32.6. The summed E-state index contributed by atoms with van der Waals surface area (Å²) < 4.78 is 5.22. The van der Waals surface area contributed by atoms with Crippen LogP contribution in [0.1, 0.15) is 43.2 Å². The van der Waals surface area contributed by atoms with Crippen molar-refractivity contribution in [1.82, 2.24) is 10.2 Å². The third-order valence-corrected chi connectivity index (χ3v) is 5.92. The fraction of sp³-hybridized carbons (Fsp3) is 0.375. The van der Waals surface area contributed by atoms with Gasteiger partial charge in [0.05, 0.1) is 7.11 Å². The van der Waals surface area contributed by atoms with E-state index in [0.717, 1.165) is 49.0 Å². The Balaban J connectivity index is 1.52. The van der Waals surface area contributed by atoms with Crippen LogP contribution in [0.2, 0.25) is 0 Å². The van der Waals surface area contributed by atoms with Crippen molar-refractivity contribution in [2.45, 2.75) is 44.3 Å². The van der Waals surface area contributed by atoms with Crippen molar-refractivity contribution in [2.75, 3.05) is 13.7 Å². The SMILES string of the molecule is COc1ccc(C2=NC3(CCCCC3)N(CC(=O)NCc3ccccc3)C2=O)cc1. The van der Waals surface area contributed by atoms with E-state index in [2.05, 4.69) is 5.32 Å². The number of hydrogen-bond acceptors (Lipinski definition) is 4. The molecule has 30 heavy (non-hydrogen) atoms. The van der Waals surface area contributed by atoms with Crippen molar-refractivity contribution >= 4 is 17.5 Å². The average molecular weight is 405 g/mol. The summed E-state index contributed by atoms with van der Waals surface area (Å²) in [5.74, 6) is 0.398. The Kier molecular flexibility index (Phi) is 5.84. The molecule has 6 nitrogen and oxygen atoms in total. The van der Waals surface area contributed by atoms with Crippen LogP contribution in [-0.2, 0) is 16.1 Å². The standard InChI is InChI=1S/C24H27N3O3/c1-30-20-12-10-19(11-13-20)22-23(29)27(24(26-22)14-6-3-7-15-24)17-21(28)25-16-18-8-4-2-5-9-18/h2,4-5,8-13H,3,6-7,14-17H2,1H3,(H,25,28). The van der Waals surface area contributed by atoms with E-state index in [1.165, 1.54) is 0 Å². The smallest absolute Gasteiger partial charge is 0.275 e. The highest BCUT2D eigenvalue weighted by Gasteiger charge is 2.48. The van der Waals surface area contributed by atoms with Gasteiger partial charge >= 0.3 is 0 Å². The first-order valence-corrected chi connectivity index (χ1v) is 10.5. The zero-order chi connectivity index (χ0) is 21.0. The number of aliphatic imine (C=N–C) groups is 1. The van der Waals surface area contributed by atoms with Gasteiger partial charge in [-0.1, -0.05) is 36.8 Å². The van der Waals surface area contributed by atoms with E-state index in [0.29, 0.717) is 12.3 Å². The topological polar surface area (TPSA) is 71.0 Å². The number of ether oxygens (including phenoxy) is 1. The molecule has 2 aromatic rings. The van der Waals surface area contributed by atoms with Crippen LogP contribution in [0.25, 0.3) is 0 Å².